The van der Waals surface area contributed by atoms with Gasteiger partial charge in [-0.25, -0.2) is 0 Å². The molecule has 0 aromatic heterocycles. The minimum atomic E-state index is -0.843. The first-order chi connectivity index (χ1) is 36.2. The van der Waals surface area contributed by atoms with Crippen LogP contribution >= 0.6 is 0 Å². The van der Waals surface area contributed by atoms with Crippen LogP contribution in [0.25, 0.3) is 0 Å². The van der Waals surface area contributed by atoms with E-state index in [0.717, 1.165) is 70.6 Å². The second-order valence-electron chi connectivity index (χ2n) is 21.5. The van der Waals surface area contributed by atoms with Gasteiger partial charge in [0.15, 0.2) is 0 Å². The van der Waals surface area contributed by atoms with Gasteiger partial charge in [-0.15, -0.1) is 0 Å². The Morgan fingerprint density at radius 1 is 0.342 bits per heavy atom. The summed E-state index contributed by atoms with van der Waals surface area (Å²) in [6.07, 6.45) is 94.6. The Morgan fingerprint density at radius 2 is 0.603 bits per heavy atom. The van der Waals surface area contributed by atoms with Crippen LogP contribution in [0.1, 0.15) is 316 Å². The lowest BCUT2D eigenvalue weighted by Crippen LogP contribution is -2.45. The summed E-state index contributed by atoms with van der Waals surface area (Å²) in [5, 5.41) is 23.2. The van der Waals surface area contributed by atoms with Crippen molar-refractivity contribution < 1.29 is 15.0 Å². The van der Waals surface area contributed by atoms with Crippen LogP contribution in [0.2, 0.25) is 0 Å². The molecule has 0 aliphatic rings. The van der Waals surface area contributed by atoms with E-state index in [1.165, 1.54) is 225 Å². The molecule has 0 aromatic rings. The van der Waals surface area contributed by atoms with Crippen molar-refractivity contribution in [3.63, 3.8) is 0 Å². The lowest BCUT2D eigenvalue weighted by molar-refractivity contribution is -0.123. The van der Waals surface area contributed by atoms with Gasteiger partial charge in [0.05, 0.1) is 18.8 Å². The minimum absolute atomic E-state index is 0.0621. The molecule has 0 radical (unpaired) electrons. The predicted molar refractivity (Wildman–Crippen MR) is 326 cm³/mol. The van der Waals surface area contributed by atoms with Gasteiger partial charge in [0.2, 0.25) is 5.91 Å². The zero-order valence-electron chi connectivity index (χ0n) is 48.6. The number of aliphatic hydroxyl groups is 2. The predicted octanol–water partition coefficient (Wildman–Crippen LogP) is 21.6. The molecule has 0 saturated carbocycles. The number of aliphatic hydroxyl groups excluding tert-OH is 2. The van der Waals surface area contributed by atoms with Gasteiger partial charge in [0.25, 0.3) is 0 Å². The Kier molecular flexibility index (Phi) is 61.3. The standard InChI is InChI=1S/C69H123NO3/c1-3-5-7-9-11-13-15-17-19-21-23-25-27-28-29-30-31-32-33-34-35-36-37-38-39-40-41-42-43-45-47-49-51-53-55-57-59-61-63-65-69(73)70-67(66-71)68(72)64-62-60-58-56-54-52-50-48-46-44-26-24-22-20-18-16-14-12-10-8-6-4-2/h5,7,11,13,17,19,23,25,28-29,31-32,34-35,62,64,67-68,71-72H,3-4,6,8-10,12,14-16,18,20-22,24,26-27,30,33,36-61,63,65-66H2,1-2H3,(H,70,73)/b7-5-,13-11-,19-17-,25-23-,29-28-,32-31-,35-34-,64-62+. The van der Waals surface area contributed by atoms with Crippen LogP contribution in [0.4, 0.5) is 0 Å². The number of carbonyl (C=O) groups is 1. The van der Waals surface area contributed by atoms with Gasteiger partial charge >= 0.3 is 0 Å². The monoisotopic (exact) mass is 1010 g/mol. The second-order valence-corrected chi connectivity index (χ2v) is 21.5. The van der Waals surface area contributed by atoms with Crippen molar-refractivity contribution in [3.05, 3.63) is 97.2 Å². The number of hydrogen-bond donors (Lipinski definition) is 3. The van der Waals surface area contributed by atoms with Crippen LogP contribution in [-0.4, -0.2) is 34.9 Å². The summed E-state index contributed by atoms with van der Waals surface area (Å²) >= 11 is 0. The van der Waals surface area contributed by atoms with Gasteiger partial charge < -0.3 is 15.5 Å². The topological polar surface area (TPSA) is 69.6 Å². The summed E-state index contributed by atoms with van der Waals surface area (Å²) in [7, 11) is 0. The maximum Gasteiger partial charge on any atom is 0.220 e. The molecule has 2 unspecified atom stereocenters. The van der Waals surface area contributed by atoms with E-state index in [4.69, 9.17) is 0 Å². The summed E-state index contributed by atoms with van der Waals surface area (Å²) in [6.45, 7) is 4.22. The fourth-order valence-electron chi connectivity index (χ4n) is 9.52. The van der Waals surface area contributed by atoms with Crippen molar-refractivity contribution in [1.29, 1.82) is 0 Å². The first-order valence-corrected chi connectivity index (χ1v) is 32.0. The van der Waals surface area contributed by atoms with E-state index in [-0.39, 0.29) is 12.5 Å². The van der Waals surface area contributed by atoms with Crippen LogP contribution in [-0.2, 0) is 4.79 Å². The molecule has 0 aliphatic carbocycles. The Bertz CT molecular complexity index is 1330. The number of rotatable bonds is 58. The summed E-state index contributed by atoms with van der Waals surface area (Å²) in [5.74, 6) is -0.0621. The number of amides is 1. The highest BCUT2D eigenvalue weighted by Crippen LogP contribution is 2.17. The third kappa shape index (κ3) is 60.1. The molecule has 0 spiro atoms. The molecule has 422 valence electrons. The molecule has 73 heavy (non-hydrogen) atoms. The van der Waals surface area contributed by atoms with Gasteiger partial charge in [0.1, 0.15) is 0 Å². The van der Waals surface area contributed by atoms with Crippen molar-refractivity contribution in [3.8, 4) is 0 Å². The summed E-state index contributed by atoms with van der Waals surface area (Å²) in [4.78, 5) is 12.5. The van der Waals surface area contributed by atoms with E-state index in [0.29, 0.717) is 6.42 Å². The smallest absolute Gasteiger partial charge is 0.220 e. The Hall–Kier alpha value is -2.69. The maximum absolute atomic E-state index is 12.5. The van der Waals surface area contributed by atoms with Crippen LogP contribution < -0.4 is 5.32 Å². The number of carbonyl (C=O) groups excluding carboxylic acids is 1. The van der Waals surface area contributed by atoms with E-state index >= 15 is 0 Å². The van der Waals surface area contributed by atoms with Gasteiger partial charge in [-0.2, -0.15) is 0 Å². The first-order valence-electron chi connectivity index (χ1n) is 32.0. The summed E-state index contributed by atoms with van der Waals surface area (Å²) in [6, 6.07) is -0.627. The molecular weight excluding hydrogens is 891 g/mol. The minimum Gasteiger partial charge on any atom is -0.394 e. The molecule has 1 amide bonds. The van der Waals surface area contributed by atoms with E-state index in [2.05, 4.69) is 104 Å². The molecule has 2 atom stereocenters. The molecule has 3 N–H and O–H groups in total. The highest BCUT2D eigenvalue weighted by molar-refractivity contribution is 5.76. The van der Waals surface area contributed by atoms with Crippen molar-refractivity contribution >= 4 is 5.91 Å². The largest absolute Gasteiger partial charge is 0.394 e. The summed E-state index contributed by atoms with van der Waals surface area (Å²) in [5.41, 5.74) is 0. The fourth-order valence-corrected chi connectivity index (χ4v) is 9.52. The molecule has 0 rings (SSSR count). The van der Waals surface area contributed by atoms with Gasteiger partial charge in [0, 0.05) is 6.42 Å². The molecule has 0 aromatic carbocycles. The average molecular weight is 1010 g/mol. The van der Waals surface area contributed by atoms with Crippen molar-refractivity contribution in [1.82, 2.24) is 5.32 Å². The SMILES string of the molecule is CC/C=C\C/C=C\C/C=C\C/C=C\C/C=C\C/C=C\C/C=C\CCCCCCCCCCCCCCCCCCCC(=O)NC(CO)C(O)/C=C/CCCCCCCCCCCCCCCCCCCCCC. The Morgan fingerprint density at radius 3 is 0.904 bits per heavy atom. The molecule has 0 fully saturated rings. The number of hydrogen-bond acceptors (Lipinski definition) is 3. The average Bonchev–Trinajstić information content (AvgIpc) is 3.40. The molecule has 0 aliphatic heterocycles. The molecule has 4 nitrogen and oxygen atoms in total. The highest BCUT2D eigenvalue weighted by atomic mass is 16.3. The Balaban J connectivity index is 3.49. The fraction of sp³-hybridized carbons (Fsp3) is 0.754. The normalized spacial score (nSPS) is 13.4. The van der Waals surface area contributed by atoms with Gasteiger partial charge in [-0.1, -0.05) is 329 Å². The van der Waals surface area contributed by atoms with Crippen LogP contribution in [0.5, 0.6) is 0 Å². The number of unbranched alkanes of at least 4 members (excludes halogenated alkanes) is 37. The van der Waals surface area contributed by atoms with E-state index < -0.39 is 12.1 Å². The molecule has 0 heterocycles. The molecule has 4 heteroatoms. The van der Waals surface area contributed by atoms with Crippen molar-refractivity contribution in [2.24, 2.45) is 0 Å². The zero-order valence-corrected chi connectivity index (χ0v) is 48.6. The Labute approximate surface area is 455 Å². The third-order valence-corrected chi connectivity index (χ3v) is 14.3. The van der Waals surface area contributed by atoms with E-state index in [9.17, 15) is 15.0 Å². The number of allylic oxidation sites excluding steroid dienone is 15. The third-order valence-electron chi connectivity index (χ3n) is 14.3. The van der Waals surface area contributed by atoms with Crippen LogP contribution in [0, 0.1) is 0 Å². The molecule has 0 bridgehead atoms. The second kappa shape index (κ2) is 63.6. The van der Waals surface area contributed by atoms with Gasteiger partial charge in [-0.05, 0) is 77.0 Å². The first kappa shape index (κ1) is 70.3. The van der Waals surface area contributed by atoms with Crippen LogP contribution in [0.3, 0.4) is 0 Å². The van der Waals surface area contributed by atoms with Crippen LogP contribution in [0.15, 0.2) is 97.2 Å². The van der Waals surface area contributed by atoms with Gasteiger partial charge in [-0.3, -0.25) is 4.79 Å². The molecule has 0 saturated heterocycles. The highest BCUT2D eigenvalue weighted by Gasteiger charge is 2.18. The lowest BCUT2D eigenvalue weighted by atomic mass is 10.0. The van der Waals surface area contributed by atoms with E-state index in [1.807, 2.05) is 6.08 Å². The van der Waals surface area contributed by atoms with Crippen molar-refractivity contribution in [2.45, 2.75) is 328 Å². The number of nitrogens with one attached hydrogen (secondary N) is 1. The lowest BCUT2D eigenvalue weighted by Gasteiger charge is -2.20. The summed E-state index contributed by atoms with van der Waals surface area (Å²) < 4.78 is 0. The quantitative estimate of drug-likeness (QED) is 0.0420. The zero-order chi connectivity index (χ0) is 52.7. The van der Waals surface area contributed by atoms with E-state index in [1.54, 1.807) is 6.08 Å². The van der Waals surface area contributed by atoms with Crippen molar-refractivity contribution in [2.75, 3.05) is 6.61 Å². The molecular formula is C69H123NO3. The maximum atomic E-state index is 12.5.